The number of ketones is 2. The number of hydrogen-bond donors (Lipinski definition) is 2. The van der Waals surface area contributed by atoms with Crippen LogP contribution in [0.3, 0.4) is 0 Å². The first-order chi connectivity index (χ1) is 22.4. The van der Waals surface area contributed by atoms with Crippen LogP contribution in [0.5, 0.6) is 5.75 Å². The number of allylic oxidation sites excluding steroid dienone is 1. The molecule has 47 heavy (non-hydrogen) atoms. The van der Waals surface area contributed by atoms with Crippen LogP contribution in [0.2, 0.25) is 5.02 Å². The van der Waals surface area contributed by atoms with Crippen LogP contribution >= 0.6 is 11.6 Å². The Morgan fingerprint density at radius 2 is 1.85 bits per heavy atom. The van der Waals surface area contributed by atoms with Crippen molar-refractivity contribution in [1.82, 2.24) is 9.80 Å². The molecule has 10 nitrogen and oxygen atoms in total. The van der Waals surface area contributed by atoms with Gasteiger partial charge < -0.3 is 25.1 Å². The van der Waals surface area contributed by atoms with Gasteiger partial charge in [0.15, 0.2) is 17.2 Å². The normalized spacial score (nSPS) is 28.2. The summed E-state index contributed by atoms with van der Waals surface area (Å²) in [4.78, 5) is 45.1. The minimum Gasteiger partial charge on any atom is -0.508 e. The number of carbonyl (C=O) groups is 3. The number of carbonyl (C=O) groups excluding carboxylic acids is 3. The van der Waals surface area contributed by atoms with E-state index >= 15 is 0 Å². The number of nitrogens with zero attached hydrogens (tertiary/aromatic N) is 2. The standard InChI is InChI=1S/C36H48ClN3O7/c1-7-35(11-8-12-35)18-40(16-19-9-10-19)17-21-15-24(45-4)26-22(28(21)37)13-20-14-23-29(39(2)3)31(42)27(34(38)44)32(43)36(23,47-6)33(46-5)25(20)30(26)41/h15,19-20,23,29,43H,7-14,16-18H2,1-6H3,(H2,38,44)/t20-,23-,29-,36+/m0/s1. The van der Waals surface area contributed by atoms with Gasteiger partial charge in [-0.1, -0.05) is 24.9 Å². The maximum absolute atomic E-state index is 14.6. The molecule has 5 aliphatic carbocycles. The SMILES string of the molecule is CCC1(CN(Cc2cc(OC)c3c(c2Cl)C[C@H]2C[C@H]4[C@H](N(C)C)C(=O)C(C(N)=O)=C(O)[C@@]4(OC)C(OC)=C2C3=O)CC2CC2)CCC1. The topological polar surface area (TPSA) is 132 Å². The Bertz CT molecular complexity index is 1550. The van der Waals surface area contributed by atoms with E-state index in [1.54, 1.807) is 26.1 Å². The summed E-state index contributed by atoms with van der Waals surface area (Å²) in [5.41, 5.74) is 5.99. The molecular weight excluding hydrogens is 622 g/mol. The first-order valence-corrected chi connectivity index (χ1v) is 17.2. The smallest absolute Gasteiger partial charge is 0.255 e. The zero-order chi connectivity index (χ0) is 34.0. The maximum Gasteiger partial charge on any atom is 0.255 e. The molecule has 4 atom stereocenters. The van der Waals surface area contributed by atoms with Crippen molar-refractivity contribution < 1.29 is 33.7 Å². The van der Waals surface area contributed by atoms with Gasteiger partial charge in [-0.25, -0.2) is 0 Å². The Balaban J connectivity index is 1.47. The highest BCUT2D eigenvalue weighted by molar-refractivity contribution is 6.33. The lowest BCUT2D eigenvalue weighted by Gasteiger charge is -2.52. The molecule has 11 heteroatoms. The second kappa shape index (κ2) is 12.5. The Morgan fingerprint density at radius 1 is 1.15 bits per heavy atom. The Kier molecular flexibility index (Phi) is 9.04. The maximum atomic E-state index is 14.6. The van der Waals surface area contributed by atoms with Crippen LogP contribution in [0.1, 0.15) is 73.4 Å². The first-order valence-electron chi connectivity index (χ1n) is 16.8. The summed E-state index contributed by atoms with van der Waals surface area (Å²) < 4.78 is 17.9. The van der Waals surface area contributed by atoms with E-state index in [4.69, 9.17) is 31.5 Å². The Morgan fingerprint density at radius 3 is 2.36 bits per heavy atom. The lowest BCUT2D eigenvalue weighted by atomic mass is 9.58. The average molecular weight is 670 g/mol. The number of halogens is 1. The quantitative estimate of drug-likeness (QED) is 0.306. The summed E-state index contributed by atoms with van der Waals surface area (Å²) in [6.45, 7) is 5.04. The van der Waals surface area contributed by atoms with Gasteiger partial charge in [-0.05, 0) is 93.5 Å². The lowest BCUT2D eigenvalue weighted by Crippen LogP contribution is -2.63. The van der Waals surface area contributed by atoms with Gasteiger partial charge in [-0.3, -0.25) is 24.2 Å². The van der Waals surface area contributed by atoms with Crippen LogP contribution in [0, 0.1) is 23.2 Å². The molecule has 0 saturated heterocycles. The van der Waals surface area contributed by atoms with E-state index in [1.165, 1.54) is 46.3 Å². The number of nitrogens with two attached hydrogens (primary N) is 1. The van der Waals surface area contributed by atoms with Crippen molar-refractivity contribution in [2.75, 3.05) is 48.5 Å². The number of benzene rings is 1. The molecule has 6 rings (SSSR count). The monoisotopic (exact) mass is 669 g/mol. The Hall–Kier alpha value is -2.92. The minimum absolute atomic E-state index is 0.0655. The molecular formula is C36H48ClN3O7. The van der Waals surface area contributed by atoms with E-state index in [9.17, 15) is 19.5 Å². The highest BCUT2D eigenvalue weighted by Crippen LogP contribution is 2.56. The predicted molar refractivity (Wildman–Crippen MR) is 177 cm³/mol. The summed E-state index contributed by atoms with van der Waals surface area (Å²) in [5.74, 6) is -2.50. The van der Waals surface area contributed by atoms with E-state index in [0.717, 1.165) is 36.6 Å². The molecule has 0 heterocycles. The van der Waals surface area contributed by atoms with Gasteiger partial charge in [-0.2, -0.15) is 0 Å². The number of rotatable bonds is 12. The van der Waals surface area contributed by atoms with E-state index in [0.29, 0.717) is 46.7 Å². The van der Waals surface area contributed by atoms with Crippen molar-refractivity contribution in [3.8, 4) is 5.75 Å². The van der Waals surface area contributed by atoms with Crippen LogP contribution in [0.25, 0.3) is 0 Å². The first kappa shape index (κ1) is 34.0. The molecule has 1 amide bonds. The average Bonchev–Trinajstić information content (AvgIpc) is 3.83. The van der Waals surface area contributed by atoms with Gasteiger partial charge in [0.25, 0.3) is 5.91 Å². The summed E-state index contributed by atoms with van der Waals surface area (Å²) in [6.07, 6.45) is 8.18. The minimum atomic E-state index is -1.78. The highest BCUT2D eigenvalue weighted by atomic mass is 35.5. The predicted octanol–water partition coefficient (Wildman–Crippen LogP) is 4.61. The molecule has 0 bridgehead atoms. The number of primary amides is 1. The number of fused-ring (bicyclic) bond motifs is 3. The highest BCUT2D eigenvalue weighted by Gasteiger charge is 2.64. The fourth-order valence-electron chi connectivity index (χ4n) is 9.03. The van der Waals surface area contributed by atoms with Gasteiger partial charge in [0.1, 0.15) is 22.8 Å². The second-order valence-electron chi connectivity index (χ2n) is 14.5. The van der Waals surface area contributed by atoms with E-state index in [2.05, 4.69) is 11.8 Å². The Labute approximate surface area is 282 Å². The summed E-state index contributed by atoms with van der Waals surface area (Å²) in [7, 11) is 7.78. The van der Waals surface area contributed by atoms with Gasteiger partial charge in [-0.15, -0.1) is 0 Å². The lowest BCUT2D eigenvalue weighted by molar-refractivity contribution is -0.141. The molecule has 1 aromatic carbocycles. The fourth-order valence-corrected chi connectivity index (χ4v) is 9.32. The zero-order valence-electron chi connectivity index (χ0n) is 28.4. The number of Topliss-reactive ketones (excluding diaryl/α,β-unsaturated/α-hetero) is 2. The largest absolute Gasteiger partial charge is 0.508 e. The molecule has 0 unspecified atom stereocenters. The number of aliphatic hydroxyl groups is 1. The molecule has 0 spiro atoms. The number of aliphatic hydroxyl groups excluding tert-OH is 1. The van der Waals surface area contributed by atoms with Crippen LogP contribution in [-0.4, -0.2) is 92.5 Å². The van der Waals surface area contributed by atoms with E-state index in [-0.39, 0.29) is 11.5 Å². The number of likely N-dealkylation sites (N-methyl/N-ethyl adjacent to an activating group) is 1. The summed E-state index contributed by atoms with van der Waals surface area (Å²) in [6, 6.07) is 1.02. The summed E-state index contributed by atoms with van der Waals surface area (Å²) >= 11 is 7.28. The third-order valence-corrected chi connectivity index (χ3v) is 12.2. The van der Waals surface area contributed by atoms with Crippen molar-refractivity contribution in [3.63, 3.8) is 0 Å². The molecule has 2 saturated carbocycles. The molecule has 3 N–H and O–H groups in total. The van der Waals surface area contributed by atoms with Crippen LogP contribution in [-0.2, 0) is 32.0 Å². The molecule has 1 aromatic rings. The zero-order valence-corrected chi connectivity index (χ0v) is 29.2. The van der Waals surface area contributed by atoms with Crippen molar-refractivity contribution >= 4 is 29.1 Å². The van der Waals surface area contributed by atoms with Crippen LogP contribution in [0.15, 0.2) is 28.7 Å². The fraction of sp³-hybridized carbons (Fsp3) is 0.639. The second-order valence-corrected chi connectivity index (χ2v) is 14.9. The van der Waals surface area contributed by atoms with E-state index < -0.39 is 46.5 Å². The third-order valence-electron chi connectivity index (χ3n) is 11.7. The molecule has 0 aliphatic heterocycles. The van der Waals surface area contributed by atoms with Crippen molar-refractivity contribution in [1.29, 1.82) is 0 Å². The van der Waals surface area contributed by atoms with Gasteiger partial charge in [0.2, 0.25) is 0 Å². The van der Waals surface area contributed by atoms with Gasteiger partial charge in [0, 0.05) is 43.3 Å². The van der Waals surface area contributed by atoms with Crippen LogP contribution < -0.4 is 10.5 Å². The molecule has 2 fully saturated rings. The number of methoxy groups -OCH3 is 3. The molecule has 0 radical (unpaired) electrons. The molecule has 256 valence electrons. The number of ether oxygens (including phenoxy) is 3. The van der Waals surface area contributed by atoms with Crippen molar-refractivity contribution in [3.05, 3.63) is 50.4 Å². The number of hydrogen-bond acceptors (Lipinski definition) is 9. The van der Waals surface area contributed by atoms with Gasteiger partial charge >= 0.3 is 0 Å². The van der Waals surface area contributed by atoms with Gasteiger partial charge in [0.05, 0.1) is 25.8 Å². The van der Waals surface area contributed by atoms with E-state index in [1.807, 2.05) is 6.07 Å². The van der Waals surface area contributed by atoms with Crippen molar-refractivity contribution in [2.24, 2.45) is 28.9 Å². The number of amides is 1. The van der Waals surface area contributed by atoms with Crippen LogP contribution in [0.4, 0.5) is 0 Å². The third kappa shape index (κ3) is 5.30. The molecule has 0 aromatic heterocycles. The molecule has 5 aliphatic rings. The summed E-state index contributed by atoms with van der Waals surface area (Å²) in [5, 5.41) is 12.2. The van der Waals surface area contributed by atoms with Crippen molar-refractivity contribution in [2.45, 2.75) is 76.5 Å².